The minimum absolute atomic E-state index is 0.208. The summed E-state index contributed by atoms with van der Waals surface area (Å²) in [6, 6.07) is 8.40. The molecule has 0 saturated carbocycles. The van der Waals surface area contributed by atoms with Crippen LogP contribution in [0.15, 0.2) is 30.3 Å². The fraction of sp³-hybridized carbons (Fsp3) is 0.167. The number of nitrogens with two attached hydrogens (primary N) is 1. The number of aryl methyl sites for hydroxylation is 1. The molecule has 1 atom stereocenters. The molecule has 0 aliphatic heterocycles. The molecule has 84 valence electrons. The van der Waals surface area contributed by atoms with Crippen molar-refractivity contribution in [1.29, 1.82) is 0 Å². The van der Waals surface area contributed by atoms with Crippen molar-refractivity contribution >= 4 is 22.9 Å². The van der Waals surface area contributed by atoms with Gasteiger partial charge in [-0.05, 0) is 36.2 Å². The summed E-state index contributed by atoms with van der Waals surface area (Å²) in [5.41, 5.74) is 7.59. The van der Waals surface area contributed by atoms with Gasteiger partial charge in [-0.15, -0.1) is 11.3 Å². The second-order valence-corrected chi connectivity index (χ2v) is 5.37. The molecule has 1 aromatic heterocycles. The molecule has 16 heavy (non-hydrogen) atoms. The highest BCUT2D eigenvalue weighted by molar-refractivity contribution is 7.16. The van der Waals surface area contributed by atoms with Crippen molar-refractivity contribution in [3.05, 3.63) is 56.5 Å². The first-order valence-electron chi connectivity index (χ1n) is 4.85. The highest BCUT2D eigenvalue weighted by Crippen LogP contribution is 2.29. The van der Waals surface area contributed by atoms with Gasteiger partial charge in [-0.25, -0.2) is 4.39 Å². The monoisotopic (exact) mass is 255 g/mol. The molecule has 0 radical (unpaired) electrons. The number of benzene rings is 1. The Morgan fingerprint density at radius 2 is 2.06 bits per heavy atom. The minimum Gasteiger partial charge on any atom is -0.320 e. The van der Waals surface area contributed by atoms with Gasteiger partial charge in [0.25, 0.3) is 0 Å². The van der Waals surface area contributed by atoms with E-state index < -0.39 is 0 Å². The smallest absolute Gasteiger partial charge is 0.126 e. The maximum atomic E-state index is 13.1. The van der Waals surface area contributed by atoms with Gasteiger partial charge in [0.05, 0.1) is 10.4 Å². The second-order valence-electron chi connectivity index (χ2n) is 3.63. The molecule has 2 N–H and O–H groups in total. The van der Waals surface area contributed by atoms with Crippen molar-refractivity contribution in [3.8, 4) is 0 Å². The van der Waals surface area contributed by atoms with E-state index >= 15 is 0 Å². The highest BCUT2D eigenvalue weighted by Gasteiger charge is 2.12. The highest BCUT2D eigenvalue weighted by atomic mass is 35.5. The molecule has 2 rings (SSSR count). The fourth-order valence-corrected chi connectivity index (χ4v) is 2.61. The number of rotatable bonds is 2. The largest absolute Gasteiger partial charge is 0.320 e. The van der Waals surface area contributed by atoms with Gasteiger partial charge in [0.15, 0.2) is 0 Å². The van der Waals surface area contributed by atoms with E-state index in [1.165, 1.54) is 17.4 Å². The van der Waals surface area contributed by atoms with Crippen LogP contribution in [0.4, 0.5) is 4.39 Å². The molecule has 0 fully saturated rings. The molecule has 1 aromatic carbocycles. The predicted molar refractivity (Wildman–Crippen MR) is 66.5 cm³/mol. The molecule has 4 heteroatoms. The SMILES string of the molecule is Cc1cc(C(N)c2ccc(Cl)s2)ccc1F. The Labute approximate surface area is 103 Å². The molecule has 0 aliphatic carbocycles. The summed E-state index contributed by atoms with van der Waals surface area (Å²) in [6.45, 7) is 1.73. The Kier molecular flexibility index (Phi) is 3.28. The van der Waals surface area contributed by atoms with E-state index in [1.807, 2.05) is 12.1 Å². The lowest BCUT2D eigenvalue weighted by Gasteiger charge is -2.10. The first-order valence-corrected chi connectivity index (χ1v) is 6.04. The normalized spacial score (nSPS) is 12.8. The quantitative estimate of drug-likeness (QED) is 0.866. The third kappa shape index (κ3) is 2.26. The zero-order valence-corrected chi connectivity index (χ0v) is 10.3. The van der Waals surface area contributed by atoms with Gasteiger partial charge in [0.2, 0.25) is 0 Å². The molecule has 1 heterocycles. The summed E-state index contributed by atoms with van der Waals surface area (Å²) >= 11 is 7.30. The van der Waals surface area contributed by atoms with Crippen LogP contribution >= 0.6 is 22.9 Å². The molecule has 1 nitrogen and oxygen atoms in total. The Hall–Kier alpha value is -0.900. The molecule has 1 unspecified atom stereocenters. The minimum atomic E-state index is -0.239. The van der Waals surface area contributed by atoms with Gasteiger partial charge in [-0.1, -0.05) is 23.7 Å². The van der Waals surface area contributed by atoms with Gasteiger partial charge in [-0.3, -0.25) is 0 Å². The fourth-order valence-electron chi connectivity index (χ4n) is 1.52. The van der Waals surface area contributed by atoms with Crippen molar-refractivity contribution in [3.63, 3.8) is 0 Å². The molecule has 0 aliphatic rings. The van der Waals surface area contributed by atoms with E-state index in [9.17, 15) is 4.39 Å². The van der Waals surface area contributed by atoms with Crippen LogP contribution < -0.4 is 5.73 Å². The van der Waals surface area contributed by atoms with Crippen LogP contribution in [0.5, 0.6) is 0 Å². The summed E-state index contributed by atoms with van der Waals surface area (Å²) in [5, 5.41) is 0. The molecule has 2 aromatic rings. The first-order chi connectivity index (χ1) is 7.58. The molecule has 0 spiro atoms. The maximum Gasteiger partial charge on any atom is 0.126 e. The van der Waals surface area contributed by atoms with E-state index in [2.05, 4.69) is 0 Å². The average molecular weight is 256 g/mol. The van der Waals surface area contributed by atoms with Gasteiger partial charge in [0.1, 0.15) is 5.82 Å². The lowest BCUT2D eigenvalue weighted by Crippen LogP contribution is -2.10. The van der Waals surface area contributed by atoms with Crippen LogP contribution in [-0.2, 0) is 0 Å². The number of hydrogen-bond acceptors (Lipinski definition) is 2. The Morgan fingerprint density at radius 3 is 2.62 bits per heavy atom. The summed E-state index contributed by atoms with van der Waals surface area (Å²) in [6.07, 6.45) is 0. The van der Waals surface area contributed by atoms with Crippen molar-refractivity contribution < 1.29 is 4.39 Å². The third-order valence-electron chi connectivity index (χ3n) is 2.44. The van der Waals surface area contributed by atoms with Crippen LogP contribution in [-0.4, -0.2) is 0 Å². The van der Waals surface area contributed by atoms with Crippen LogP contribution in [0.25, 0.3) is 0 Å². The molecule has 0 bridgehead atoms. The summed E-state index contributed by atoms with van der Waals surface area (Å²) in [7, 11) is 0. The Morgan fingerprint density at radius 1 is 1.31 bits per heavy atom. The van der Waals surface area contributed by atoms with E-state index in [1.54, 1.807) is 19.1 Å². The van der Waals surface area contributed by atoms with Crippen molar-refractivity contribution in [2.75, 3.05) is 0 Å². The molecule has 0 amide bonds. The lowest BCUT2D eigenvalue weighted by atomic mass is 10.0. The van der Waals surface area contributed by atoms with E-state index in [-0.39, 0.29) is 11.9 Å². The Balaban J connectivity index is 2.33. The van der Waals surface area contributed by atoms with Crippen molar-refractivity contribution in [2.24, 2.45) is 5.73 Å². The number of hydrogen-bond donors (Lipinski definition) is 1. The maximum absolute atomic E-state index is 13.1. The van der Waals surface area contributed by atoms with Gasteiger partial charge in [-0.2, -0.15) is 0 Å². The molecular weight excluding hydrogens is 245 g/mol. The first kappa shape index (κ1) is 11.6. The second kappa shape index (κ2) is 4.53. The standard InChI is InChI=1S/C12H11ClFNS/c1-7-6-8(2-3-9(7)14)12(15)10-4-5-11(13)16-10/h2-6,12H,15H2,1H3. The lowest BCUT2D eigenvalue weighted by molar-refractivity contribution is 0.617. The van der Waals surface area contributed by atoms with Crippen LogP contribution in [0.2, 0.25) is 4.34 Å². The topological polar surface area (TPSA) is 26.0 Å². The van der Waals surface area contributed by atoms with E-state index in [0.29, 0.717) is 9.90 Å². The van der Waals surface area contributed by atoms with Gasteiger partial charge < -0.3 is 5.73 Å². The zero-order valence-electron chi connectivity index (χ0n) is 8.71. The van der Waals surface area contributed by atoms with Crippen molar-refractivity contribution in [2.45, 2.75) is 13.0 Å². The summed E-state index contributed by atoms with van der Waals surface area (Å²) < 4.78 is 13.8. The van der Waals surface area contributed by atoms with Gasteiger partial charge >= 0.3 is 0 Å². The number of halogens is 2. The average Bonchev–Trinajstić information content (AvgIpc) is 2.68. The van der Waals surface area contributed by atoms with Gasteiger partial charge in [0, 0.05) is 4.88 Å². The zero-order chi connectivity index (χ0) is 11.7. The summed E-state index contributed by atoms with van der Waals surface area (Å²) in [5.74, 6) is -0.208. The predicted octanol–water partition coefficient (Wildman–Crippen LogP) is 3.90. The Bertz CT molecular complexity index is 509. The van der Waals surface area contributed by atoms with Crippen LogP contribution in [0.3, 0.4) is 0 Å². The summed E-state index contributed by atoms with van der Waals surface area (Å²) in [4.78, 5) is 0.982. The van der Waals surface area contributed by atoms with E-state index in [4.69, 9.17) is 17.3 Å². The van der Waals surface area contributed by atoms with Crippen molar-refractivity contribution in [1.82, 2.24) is 0 Å². The van der Waals surface area contributed by atoms with Crippen LogP contribution in [0.1, 0.15) is 22.0 Å². The third-order valence-corrected chi connectivity index (χ3v) is 3.76. The molecule has 0 saturated heterocycles. The van der Waals surface area contributed by atoms with E-state index in [0.717, 1.165) is 10.4 Å². The number of thiophene rings is 1. The van der Waals surface area contributed by atoms with Crippen LogP contribution in [0, 0.1) is 12.7 Å². The molecular formula is C12H11ClFNS.